The number of aromatic carboxylic acids is 1. The van der Waals surface area contributed by atoms with Gasteiger partial charge in [0.25, 0.3) is 0 Å². The standard InChI is InChI=1S/C14H13ClN2O3/c1-20-12-6-5-9(8-17-12)7-16-11-4-2-3-10(15)13(11)14(18)19/h2-6,8,16H,7H2,1H3,(H,18,19). The van der Waals surface area contributed by atoms with Crippen LogP contribution in [-0.2, 0) is 6.54 Å². The summed E-state index contributed by atoms with van der Waals surface area (Å²) in [5, 5.41) is 12.4. The molecule has 0 saturated heterocycles. The Morgan fingerprint density at radius 3 is 2.80 bits per heavy atom. The molecule has 0 aliphatic rings. The minimum absolute atomic E-state index is 0.0654. The fourth-order valence-electron chi connectivity index (χ4n) is 1.72. The molecule has 1 heterocycles. The summed E-state index contributed by atoms with van der Waals surface area (Å²) in [6.07, 6.45) is 1.66. The van der Waals surface area contributed by atoms with Gasteiger partial charge in [0, 0.05) is 18.8 Å². The highest BCUT2D eigenvalue weighted by atomic mass is 35.5. The molecule has 5 nitrogen and oxygen atoms in total. The smallest absolute Gasteiger partial charge is 0.339 e. The van der Waals surface area contributed by atoms with E-state index in [1.807, 2.05) is 6.07 Å². The first kappa shape index (κ1) is 14.1. The number of nitrogens with one attached hydrogen (secondary N) is 1. The number of carbonyl (C=O) groups is 1. The molecule has 0 radical (unpaired) electrons. The molecule has 0 unspecified atom stereocenters. The fourth-order valence-corrected chi connectivity index (χ4v) is 1.98. The Morgan fingerprint density at radius 1 is 1.40 bits per heavy atom. The second-order valence-corrected chi connectivity index (χ2v) is 4.44. The number of pyridine rings is 1. The largest absolute Gasteiger partial charge is 0.481 e. The molecule has 20 heavy (non-hydrogen) atoms. The highest BCUT2D eigenvalue weighted by Crippen LogP contribution is 2.24. The molecule has 2 aromatic rings. The number of hydrogen-bond acceptors (Lipinski definition) is 4. The topological polar surface area (TPSA) is 71.5 Å². The first-order valence-corrected chi connectivity index (χ1v) is 6.24. The quantitative estimate of drug-likeness (QED) is 0.886. The second kappa shape index (κ2) is 6.25. The SMILES string of the molecule is COc1ccc(CNc2cccc(Cl)c2C(=O)O)cn1. The first-order valence-electron chi connectivity index (χ1n) is 5.86. The molecule has 0 fully saturated rings. The van der Waals surface area contributed by atoms with E-state index in [4.69, 9.17) is 21.4 Å². The third kappa shape index (κ3) is 3.19. The molecule has 0 atom stereocenters. The van der Waals surface area contributed by atoms with Crippen molar-refractivity contribution in [2.45, 2.75) is 6.54 Å². The second-order valence-electron chi connectivity index (χ2n) is 4.03. The van der Waals surface area contributed by atoms with E-state index in [0.717, 1.165) is 5.56 Å². The van der Waals surface area contributed by atoms with Gasteiger partial charge in [-0.15, -0.1) is 0 Å². The molecule has 2 N–H and O–H groups in total. The molecule has 0 bridgehead atoms. The van der Waals surface area contributed by atoms with E-state index < -0.39 is 5.97 Å². The van der Waals surface area contributed by atoms with Crippen molar-refractivity contribution >= 4 is 23.3 Å². The molecule has 0 aliphatic carbocycles. The van der Waals surface area contributed by atoms with Crippen molar-refractivity contribution in [3.8, 4) is 5.88 Å². The van der Waals surface area contributed by atoms with Gasteiger partial charge in [-0.05, 0) is 17.7 Å². The van der Waals surface area contributed by atoms with Gasteiger partial charge in [-0.1, -0.05) is 23.7 Å². The Kier molecular flexibility index (Phi) is 4.42. The van der Waals surface area contributed by atoms with Crippen molar-refractivity contribution in [2.75, 3.05) is 12.4 Å². The number of nitrogens with zero attached hydrogens (tertiary/aromatic N) is 1. The number of hydrogen-bond donors (Lipinski definition) is 2. The van der Waals surface area contributed by atoms with Gasteiger partial charge >= 0.3 is 5.97 Å². The molecule has 0 spiro atoms. The number of benzene rings is 1. The lowest BCUT2D eigenvalue weighted by Gasteiger charge is -2.10. The molecular weight excluding hydrogens is 280 g/mol. The van der Waals surface area contributed by atoms with Gasteiger partial charge in [0.15, 0.2) is 0 Å². The first-order chi connectivity index (χ1) is 9.61. The van der Waals surface area contributed by atoms with Gasteiger partial charge in [0.2, 0.25) is 5.88 Å². The normalized spacial score (nSPS) is 10.1. The highest BCUT2D eigenvalue weighted by molar-refractivity contribution is 6.34. The van der Waals surface area contributed by atoms with Crippen LogP contribution in [0.4, 0.5) is 5.69 Å². The molecule has 2 rings (SSSR count). The van der Waals surface area contributed by atoms with Gasteiger partial charge < -0.3 is 15.2 Å². The lowest BCUT2D eigenvalue weighted by molar-refractivity contribution is 0.0698. The molecule has 0 amide bonds. The van der Waals surface area contributed by atoms with Crippen molar-refractivity contribution in [3.63, 3.8) is 0 Å². The summed E-state index contributed by atoms with van der Waals surface area (Å²) in [5.74, 6) is -0.534. The van der Waals surface area contributed by atoms with Crippen molar-refractivity contribution in [1.29, 1.82) is 0 Å². The number of halogens is 1. The van der Waals surface area contributed by atoms with Crippen LogP contribution < -0.4 is 10.1 Å². The number of ether oxygens (including phenoxy) is 1. The predicted octanol–water partition coefficient (Wildman–Crippen LogP) is 3.05. The average molecular weight is 293 g/mol. The van der Waals surface area contributed by atoms with Crippen LogP contribution in [0.25, 0.3) is 0 Å². The number of rotatable bonds is 5. The minimum Gasteiger partial charge on any atom is -0.481 e. The zero-order valence-corrected chi connectivity index (χ0v) is 11.5. The van der Waals surface area contributed by atoms with Crippen molar-refractivity contribution in [3.05, 3.63) is 52.7 Å². The van der Waals surface area contributed by atoms with Crippen LogP contribution in [0.3, 0.4) is 0 Å². The zero-order valence-electron chi connectivity index (χ0n) is 10.8. The van der Waals surface area contributed by atoms with Crippen molar-refractivity contribution < 1.29 is 14.6 Å². The molecule has 104 valence electrons. The summed E-state index contributed by atoms with van der Waals surface area (Å²) in [5.41, 5.74) is 1.44. The fraction of sp³-hybridized carbons (Fsp3) is 0.143. The van der Waals surface area contributed by atoms with E-state index in [1.54, 1.807) is 37.6 Å². The summed E-state index contributed by atoms with van der Waals surface area (Å²) in [6, 6.07) is 8.51. The number of carboxylic acids is 1. The van der Waals surface area contributed by atoms with Gasteiger partial charge in [-0.2, -0.15) is 0 Å². The Balaban J connectivity index is 2.14. The maximum Gasteiger partial charge on any atom is 0.339 e. The van der Waals surface area contributed by atoms with Crippen LogP contribution in [0, 0.1) is 0 Å². The average Bonchev–Trinajstić information content (AvgIpc) is 2.45. The number of anilines is 1. The van der Waals surface area contributed by atoms with E-state index in [0.29, 0.717) is 18.1 Å². The van der Waals surface area contributed by atoms with Crippen molar-refractivity contribution in [2.24, 2.45) is 0 Å². The van der Waals surface area contributed by atoms with Gasteiger partial charge in [-0.3, -0.25) is 0 Å². The van der Waals surface area contributed by atoms with Crippen LogP contribution in [0.15, 0.2) is 36.5 Å². The monoisotopic (exact) mass is 292 g/mol. The van der Waals surface area contributed by atoms with Gasteiger partial charge in [0.1, 0.15) is 5.56 Å². The van der Waals surface area contributed by atoms with Crippen LogP contribution in [0.5, 0.6) is 5.88 Å². The highest BCUT2D eigenvalue weighted by Gasteiger charge is 2.13. The summed E-state index contributed by atoms with van der Waals surface area (Å²) < 4.78 is 4.97. The Bertz CT molecular complexity index is 614. The maximum atomic E-state index is 11.2. The van der Waals surface area contributed by atoms with Crippen LogP contribution in [0.2, 0.25) is 5.02 Å². The summed E-state index contributed by atoms with van der Waals surface area (Å²) in [7, 11) is 1.55. The molecule has 0 saturated carbocycles. The molecular formula is C14H13ClN2O3. The molecule has 6 heteroatoms. The Morgan fingerprint density at radius 2 is 2.20 bits per heavy atom. The Labute approximate surface area is 121 Å². The summed E-state index contributed by atoms with van der Waals surface area (Å²) in [6.45, 7) is 0.442. The number of aromatic nitrogens is 1. The zero-order chi connectivity index (χ0) is 14.5. The van der Waals surface area contributed by atoms with Gasteiger partial charge in [0.05, 0.1) is 17.8 Å². The third-order valence-corrected chi connectivity index (χ3v) is 3.03. The van der Waals surface area contributed by atoms with Crippen LogP contribution in [-0.4, -0.2) is 23.2 Å². The number of methoxy groups -OCH3 is 1. The lowest BCUT2D eigenvalue weighted by Crippen LogP contribution is -2.07. The predicted molar refractivity (Wildman–Crippen MR) is 76.5 cm³/mol. The summed E-state index contributed by atoms with van der Waals surface area (Å²) >= 11 is 5.90. The Hall–Kier alpha value is -2.27. The van der Waals surface area contributed by atoms with Crippen LogP contribution in [0.1, 0.15) is 15.9 Å². The van der Waals surface area contributed by atoms with Gasteiger partial charge in [-0.25, -0.2) is 9.78 Å². The van der Waals surface area contributed by atoms with E-state index >= 15 is 0 Å². The van der Waals surface area contributed by atoms with Crippen LogP contribution >= 0.6 is 11.6 Å². The third-order valence-electron chi connectivity index (χ3n) is 2.72. The lowest BCUT2D eigenvalue weighted by atomic mass is 10.1. The molecule has 1 aromatic carbocycles. The van der Waals surface area contributed by atoms with E-state index in [1.165, 1.54) is 0 Å². The summed E-state index contributed by atoms with van der Waals surface area (Å²) in [4.78, 5) is 15.3. The molecule has 1 aromatic heterocycles. The van der Waals surface area contributed by atoms with E-state index in [9.17, 15) is 4.79 Å². The van der Waals surface area contributed by atoms with E-state index in [2.05, 4.69) is 10.3 Å². The maximum absolute atomic E-state index is 11.2. The molecule has 0 aliphatic heterocycles. The van der Waals surface area contributed by atoms with Crippen molar-refractivity contribution in [1.82, 2.24) is 4.98 Å². The van der Waals surface area contributed by atoms with E-state index in [-0.39, 0.29) is 10.6 Å². The minimum atomic E-state index is -1.06. The number of carboxylic acid groups (broad SMARTS) is 1.